The highest BCUT2D eigenvalue weighted by atomic mass is 79.9. The molecule has 0 aromatic heterocycles. The topological polar surface area (TPSA) is 35.5 Å². The number of likely N-dealkylation sites (N-methyl/N-ethyl adjacent to an activating group) is 1. The summed E-state index contributed by atoms with van der Waals surface area (Å²) < 4.78 is 1.13. The lowest BCUT2D eigenvalue weighted by atomic mass is 10.0. The zero-order valence-electron chi connectivity index (χ0n) is 12.6. The SMILES string of the molecule is CCCNC(CCN(CC)CCO)c1cccc(Br)c1. The molecule has 20 heavy (non-hydrogen) atoms. The van der Waals surface area contributed by atoms with Gasteiger partial charge < -0.3 is 15.3 Å². The van der Waals surface area contributed by atoms with Crippen LogP contribution in [0.15, 0.2) is 28.7 Å². The molecule has 0 aliphatic rings. The lowest BCUT2D eigenvalue weighted by Gasteiger charge is -2.24. The van der Waals surface area contributed by atoms with Gasteiger partial charge in [-0.3, -0.25) is 0 Å². The van der Waals surface area contributed by atoms with Crippen molar-refractivity contribution in [2.24, 2.45) is 0 Å². The number of aliphatic hydroxyl groups excluding tert-OH is 1. The minimum atomic E-state index is 0.234. The molecule has 1 aromatic carbocycles. The van der Waals surface area contributed by atoms with Gasteiger partial charge in [0, 0.05) is 23.6 Å². The zero-order chi connectivity index (χ0) is 14.8. The Bertz CT molecular complexity index is 373. The summed E-state index contributed by atoms with van der Waals surface area (Å²) in [5.41, 5.74) is 1.33. The van der Waals surface area contributed by atoms with Crippen LogP contribution in [-0.4, -0.2) is 42.8 Å². The van der Waals surface area contributed by atoms with Crippen molar-refractivity contribution in [2.75, 3.05) is 32.8 Å². The maximum atomic E-state index is 9.06. The Morgan fingerprint density at radius 1 is 1.30 bits per heavy atom. The average molecular weight is 343 g/mol. The molecule has 0 amide bonds. The summed E-state index contributed by atoms with van der Waals surface area (Å²) in [5.74, 6) is 0. The number of rotatable bonds is 10. The third-order valence-corrected chi connectivity index (χ3v) is 3.98. The zero-order valence-corrected chi connectivity index (χ0v) is 14.2. The van der Waals surface area contributed by atoms with E-state index in [2.05, 4.69) is 64.3 Å². The molecular weight excluding hydrogens is 316 g/mol. The molecule has 1 rings (SSSR count). The van der Waals surface area contributed by atoms with Crippen LogP contribution in [0.4, 0.5) is 0 Å². The minimum absolute atomic E-state index is 0.234. The quantitative estimate of drug-likeness (QED) is 0.685. The molecule has 0 heterocycles. The summed E-state index contributed by atoms with van der Waals surface area (Å²) in [7, 11) is 0. The van der Waals surface area contributed by atoms with Gasteiger partial charge >= 0.3 is 0 Å². The van der Waals surface area contributed by atoms with Crippen LogP contribution in [0.3, 0.4) is 0 Å². The molecule has 3 nitrogen and oxygen atoms in total. The van der Waals surface area contributed by atoms with Gasteiger partial charge in [-0.25, -0.2) is 0 Å². The van der Waals surface area contributed by atoms with Crippen LogP contribution in [0, 0.1) is 0 Å². The first-order valence-corrected chi connectivity index (χ1v) is 8.32. The maximum Gasteiger partial charge on any atom is 0.0558 e. The molecule has 1 aromatic rings. The van der Waals surface area contributed by atoms with E-state index in [4.69, 9.17) is 5.11 Å². The lowest BCUT2D eigenvalue weighted by Crippen LogP contribution is -2.31. The van der Waals surface area contributed by atoms with Crippen molar-refractivity contribution in [3.05, 3.63) is 34.3 Å². The summed E-state index contributed by atoms with van der Waals surface area (Å²) in [6.45, 7) is 8.35. The van der Waals surface area contributed by atoms with Crippen molar-refractivity contribution in [1.29, 1.82) is 0 Å². The summed E-state index contributed by atoms with van der Waals surface area (Å²) in [6, 6.07) is 8.89. The van der Waals surface area contributed by atoms with Gasteiger partial charge in [0.2, 0.25) is 0 Å². The molecule has 0 spiro atoms. The van der Waals surface area contributed by atoms with Crippen molar-refractivity contribution in [1.82, 2.24) is 10.2 Å². The van der Waals surface area contributed by atoms with Gasteiger partial charge in [-0.2, -0.15) is 0 Å². The van der Waals surface area contributed by atoms with E-state index in [0.717, 1.165) is 43.5 Å². The van der Waals surface area contributed by atoms with Crippen LogP contribution in [0.1, 0.15) is 38.3 Å². The second-order valence-corrected chi connectivity index (χ2v) is 5.92. The molecular formula is C16H27BrN2O. The highest BCUT2D eigenvalue weighted by Crippen LogP contribution is 2.21. The Morgan fingerprint density at radius 3 is 2.70 bits per heavy atom. The predicted octanol–water partition coefficient (Wildman–Crippen LogP) is 3.19. The molecule has 0 aliphatic heterocycles. The van der Waals surface area contributed by atoms with Gasteiger partial charge in [0.25, 0.3) is 0 Å². The van der Waals surface area contributed by atoms with E-state index in [1.807, 2.05) is 0 Å². The third-order valence-electron chi connectivity index (χ3n) is 3.49. The normalized spacial score (nSPS) is 12.8. The van der Waals surface area contributed by atoms with Crippen LogP contribution < -0.4 is 5.32 Å². The average Bonchev–Trinajstić information content (AvgIpc) is 2.46. The third kappa shape index (κ3) is 6.35. The summed E-state index contributed by atoms with van der Waals surface area (Å²) in [6.07, 6.45) is 2.20. The second-order valence-electron chi connectivity index (χ2n) is 5.01. The van der Waals surface area contributed by atoms with Crippen molar-refractivity contribution in [2.45, 2.75) is 32.7 Å². The Labute approximate surface area is 131 Å². The summed E-state index contributed by atoms with van der Waals surface area (Å²) in [5, 5.41) is 12.7. The van der Waals surface area contributed by atoms with Crippen LogP contribution >= 0.6 is 15.9 Å². The molecule has 0 aliphatic carbocycles. The molecule has 0 fully saturated rings. The highest BCUT2D eigenvalue weighted by molar-refractivity contribution is 9.10. The summed E-state index contributed by atoms with van der Waals surface area (Å²) in [4.78, 5) is 2.29. The number of hydrogen-bond donors (Lipinski definition) is 2. The Balaban J connectivity index is 2.64. The summed E-state index contributed by atoms with van der Waals surface area (Å²) >= 11 is 3.55. The Kier molecular flexibility index (Phi) is 9.10. The maximum absolute atomic E-state index is 9.06. The predicted molar refractivity (Wildman–Crippen MR) is 89.0 cm³/mol. The van der Waals surface area contributed by atoms with E-state index in [0.29, 0.717) is 6.04 Å². The highest BCUT2D eigenvalue weighted by Gasteiger charge is 2.12. The number of nitrogens with zero attached hydrogens (tertiary/aromatic N) is 1. The van der Waals surface area contributed by atoms with E-state index < -0.39 is 0 Å². The van der Waals surface area contributed by atoms with Gasteiger partial charge in [-0.1, -0.05) is 41.9 Å². The van der Waals surface area contributed by atoms with E-state index in [1.165, 1.54) is 5.56 Å². The van der Waals surface area contributed by atoms with E-state index in [-0.39, 0.29) is 6.61 Å². The fourth-order valence-electron chi connectivity index (χ4n) is 2.31. The van der Waals surface area contributed by atoms with Gasteiger partial charge in [0.1, 0.15) is 0 Å². The van der Waals surface area contributed by atoms with Crippen LogP contribution in [0.5, 0.6) is 0 Å². The van der Waals surface area contributed by atoms with Gasteiger partial charge in [-0.15, -0.1) is 0 Å². The van der Waals surface area contributed by atoms with Crippen LogP contribution in [0.25, 0.3) is 0 Å². The first-order chi connectivity index (χ1) is 9.71. The molecule has 114 valence electrons. The van der Waals surface area contributed by atoms with Gasteiger partial charge in [0.15, 0.2) is 0 Å². The largest absolute Gasteiger partial charge is 0.395 e. The van der Waals surface area contributed by atoms with Crippen molar-refractivity contribution in [3.63, 3.8) is 0 Å². The monoisotopic (exact) mass is 342 g/mol. The van der Waals surface area contributed by atoms with Crippen molar-refractivity contribution in [3.8, 4) is 0 Å². The molecule has 1 atom stereocenters. The molecule has 0 saturated carbocycles. The van der Waals surface area contributed by atoms with Crippen LogP contribution in [-0.2, 0) is 0 Å². The van der Waals surface area contributed by atoms with Crippen LogP contribution in [0.2, 0.25) is 0 Å². The first-order valence-electron chi connectivity index (χ1n) is 7.53. The molecule has 2 N–H and O–H groups in total. The lowest BCUT2D eigenvalue weighted by molar-refractivity contribution is 0.195. The molecule has 4 heteroatoms. The molecule has 1 unspecified atom stereocenters. The second kappa shape index (κ2) is 10.3. The van der Waals surface area contributed by atoms with Crippen molar-refractivity contribution < 1.29 is 5.11 Å². The first kappa shape index (κ1) is 17.6. The molecule has 0 bridgehead atoms. The number of halogens is 1. The number of hydrogen-bond acceptors (Lipinski definition) is 3. The number of aliphatic hydroxyl groups is 1. The number of benzene rings is 1. The standard InChI is InChI=1S/C16H27BrN2O/c1-3-9-18-16(8-10-19(4-2)11-12-20)14-6-5-7-15(17)13-14/h5-7,13,16,18,20H,3-4,8-12H2,1-2H3. The van der Waals surface area contributed by atoms with Gasteiger partial charge in [0.05, 0.1) is 6.61 Å². The van der Waals surface area contributed by atoms with E-state index >= 15 is 0 Å². The van der Waals surface area contributed by atoms with Crippen molar-refractivity contribution >= 4 is 15.9 Å². The van der Waals surface area contributed by atoms with E-state index in [9.17, 15) is 0 Å². The molecule has 0 saturated heterocycles. The smallest absolute Gasteiger partial charge is 0.0558 e. The van der Waals surface area contributed by atoms with E-state index in [1.54, 1.807) is 0 Å². The Hall–Kier alpha value is -0.420. The Morgan fingerprint density at radius 2 is 2.10 bits per heavy atom. The fraction of sp³-hybridized carbons (Fsp3) is 0.625. The van der Waals surface area contributed by atoms with Gasteiger partial charge in [-0.05, 0) is 43.6 Å². The molecule has 0 radical (unpaired) electrons. The fourth-order valence-corrected chi connectivity index (χ4v) is 2.73. The number of nitrogens with one attached hydrogen (secondary N) is 1. The minimum Gasteiger partial charge on any atom is -0.395 e.